The predicted octanol–water partition coefficient (Wildman–Crippen LogP) is 4.54. The number of halogens is 1. The summed E-state index contributed by atoms with van der Waals surface area (Å²) in [6.07, 6.45) is 7.72. The zero-order valence-electron chi connectivity index (χ0n) is 10.8. The first kappa shape index (κ1) is 14.7. The summed E-state index contributed by atoms with van der Waals surface area (Å²) in [7, 11) is 0. The van der Waals surface area contributed by atoms with Crippen LogP contribution in [0.1, 0.15) is 44.6 Å². The molecule has 1 nitrogen and oxygen atoms in total. The summed E-state index contributed by atoms with van der Waals surface area (Å²) in [6, 6.07) is 8.57. The van der Waals surface area contributed by atoms with Crippen LogP contribution in [0, 0.1) is 5.92 Å². The Kier molecular flexibility index (Phi) is 7.54. The van der Waals surface area contributed by atoms with E-state index in [1.165, 1.54) is 37.7 Å². The van der Waals surface area contributed by atoms with E-state index in [9.17, 15) is 0 Å². The lowest BCUT2D eigenvalue weighted by atomic mass is 9.94. The molecule has 0 amide bonds. The van der Waals surface area contributed by atoms with Crippen LogP contribution in [0.3, 0.4) is 0 Å². The molecule has 0 radical (unpaired) electrons. The van der Waals surface area contributed by atoms with Crippen LogP contribution < -0.4 is 5.73 Å². The number of hydrogen-bond acceptors (Lipinski definition) is 1. The monoisotopic (exact) mass is 297 g/mol. The Labute approximate surface area is 114 Å². The van der Waals surface area contributed by atoms with Gasteiger partial charge in [0.2, 0.25) is 0 Å². The maximum atomic E-state index is 5.86. The van der Waals surface area contributed by atoms with Crippen molar-refractivity contribution in [3.63, 3.8) is 0 Å². The molecule has 2 N–H and O–H groups in total. The quantitative estimate of drug-likeness (QED) is 0.701. The average Bonchev–Trinajstić information content (AvgIpc) is 2.33. The zero-order chi connectivity index (χ0) is 12.5. The molecule has 1 atom stereocenters. The molecule has 0 aliphatic heterocycles. The molecule has 2 heteroatoms. The van der Waals surface area contributed by atoms with Crippen molar-refractivity contribution in [1.82, 2.24) is 0 Å². The molecule has 0 fully saturated rings. The Morgan fingerprint density at radius 3 is 2.71 bits per heavy atom. The lowest BCUT2D eigenvalue weighted by Gasteiger charge is -2.14. The van der Waals surface area contributed by atoms with E-state index >= 15 is 0 Å². The van der Waals surface area contributed by atoms with Crippen molar-refractivity contribution >= 4 is 15.9 Å². The molecule has 0 aliphatic rings. The Bertz CT molecular complexity index is 312. The van der Waals surface area contributed by atoms with Gasteiger partial charge in [0.1, 0.15) is 0 Å². The van der Waals surface area contributed by atoms with Crippen LogP contribution in [0.4, 0.5) is 0 Å². The third-order valence-electron chi connectivity index (χ3n) is 3.21. The van der Waals surface area contributed by atoms with E-state index in [2.05, 4.69) is 47.1 Å². The van der Waals surface area contributed by atoms with Gasteiger partial charge in [-0.1, -0.05) is 60.7 Å². The van der Waals surface area contributed by atoms with Gasteiger partial charge in [-0.25, -0.2) is 0 Å². The maximum absolute atomic E-state index is 5.86. The van der Waals surface area contributed by atoms with Gasteiger partial charge in [0.25, 0.3) is 0 Å². The normalized spacial score (nSPS) is 12.6. The smallest absolute Gasteiger partial charge is 0.0177 e. The molecule has 1 aromatic carbocycles. The van der Waals surface area contributed by atoms with Gasteiger partial charge in [-0.05, 0) is 43.0 Å². The molecule has 0 aromatic heterocycles. The number of unbranched alkanes of at least 4 members (excludes halogenated alkanes) is 3. The Morgan fingerprint density at radius 2 is 2.06 bits per heavy atom. The molecule has 0 heterocycles. The molecule has 17 heavy (non-hydrogen) atoms. The van der Waals surface area contributed by atoms with Crippen LogP contribution in [-0.2, 0) is 6.42 Å². The van der Waals surface area contributed by atoms with E-state index in [0.29, 0.717) is 5.92 Å². The molecule has 1 rings (SSSR count). The van der Waals surface area contributed by atoms with Crippen LogP contribution in [0.25, 0.3) is 0 Å². The summed E-state index contributed by atoms with van der Waals surface area (Å²) in [5.74, 6) is 0.640. The zero-order valence-corrected chi connectivity index (χ0v) is 12.4. The van der Waals surface area contributed by atoms with E-state index in [1.807, 2.05) is 0 Å². The topological polar surface area (TPSA) is 26.0 Å². The van der Waals surface area contributed by atoms with Gasteiger partial charge in [0, 0.05) is 4.47 Å². The summed E-state index contributed by atoms with van der Waals surface area (Å²) in [5.41, 5.74) is 7.26. The van der Waals surface area contributed by atoms with Gasteiger partial charge in [-0.2, -0.15) is 0 Å². The van der Waals surface area contributed by atoms with Crippen molar-refractivity contribution in [1.29, 1.82) is 0 Å². The second-order valence-electron chi connectivity index (χ2n) is 4.79. The highest BCUT2D eigenvalue weighted by Crippen LogP contribution is 2.18. The predicted molar refractivity (Wildman–Crippen MR) is 79.1 cm³/mol. The van der Waals surface area contributed by atoms with Crippen molar-refractivity contribution in [2.24, 2.45) is 11.7 Å². The highest BCUT2D eigenvalue weighted by atomic mass is 79.9. The molecular formula is C15H24BrN. The largest absolute Gasteiger partial charge is 0.330 e. The average molecular weight is 298 g/mol. The maximum Gasteiger partial charge on any atom is 0.0177 e. The number of hydrogen-bond donors (Lipinski definition) is 1. The van der Waals surface area contributed by atoms with Crippen LogP contribution in [0.2, 0.25) is 0 Å². The molecule has 1 aromatic rings. The number of benzene rings is 1. The third kappa shape index (κ3) is 6.23. The van der Waals surface area contributed by atoms with Crippen molar-refractivity contribution in [2.75, 3.05) is 6.54 Å². The molecule has 0 saturated heterocycles. The van der Waals surface area contributed by atoms with Gasteiger partial charge in [0.05, 0.1) is 0 Å². The van der Waals surface area contributed by atoms with Crippen molar-refractivity contribution < 1.29 is 0 Å². The fourth-order valence-electron chi connectivity index (χ4n) is 2.16. The van der Waals surface area contributed by atoms with Gasteiger partial charge in [-0.3, -0.25) is 0 Å². The first-order valence-corrected chi connectivity index (χ1v) is 7.50. The van der Waals surface area contributed by atoms with Gasteiger partial charge in [-0.15, -0.1) is 0 Å². The number of nitrogens with two attached hydrogens (primary N) is 1. The molecule has 0 spiro atoms. The summed E-state index contributed by atoms with van der Waals surface area (Å²) < 4.78 is 1.16. The van der Waals surface area contributed by atoms with Gasteiger partial charge >= 0.3 is 0 Å². The fourth-order valence-corrected chi connectivity index (χ4v) is 2.61. The highest BCUT2D eigenvalue weighted by Gasteiger charge is 2.07. The molecular weight excluding hydrogens is 274 g/mol. The van der Waals surface area contributed by atoms with Crippen molar-refractivity contribution in [3.05, 3.63) is 34.3 Å². The van der Waals surface area contributed by atoms with E-state index in [0.717, 1.165) is 17.4 Å². The fraction of sp³-hybridized carbons (Fsp3) is 0.600. The van der Waals surface area contributed by atoms with Crippen LogP contribution >= 0.6 is 15.9 Å². The van der Waals surface area contributed by atoms with Gasteiger partial charge < -0.3 is 5.73 Å². The highest BCUT2D eigenvalue weighted by molar-refractivity contribution is 9.10. The second-order valence-corrected chi connectivity index (χ2v) is 5.70. The first-order valence-electron chi connectivity index (χ1n) is 6.70. The Morgan fingerprint density at radius 1 is 1.24 bits per heavy atom. The summed E-state index contributed by atoms with van der Waals surface area (Å²) in [4.78, 5) is 0. The van der Waals surface area contributed by atoms with E-state index in [4.69, 9.17) is 5.73 Å². The van der Waals surface area contributed by atoms with Crippen LogP contribution in [-0.4, -0.2) is 6.54 Å². The minimum Gasteiger partial charge on any atom is -0.330 e. The second kappa shape index (κ2) is 8.71. The lowest BCUT2D eigenvalue weighted by Crippen LogP contribution is -2.16. The van der Waals surface area contributed by atoms with Crippen LogP contribution in [0.5, 0.6) is 0 Å². The third-order valence-corrected chi connectivity index (χ3v) is 3.71. The van der Waals surface area contributed by atoms with E-state index in [-0.39, 0.29) is 0 Å². The Hall–Kier alpha value is -0.340. The lowest BCUT2D eigenvalue weighted by molar-refractivity contribution is 0.460. The first-order chi connectivity index (χ1) is 8.26. The molecule has 0 saturated carbocycles. The summed E-state index contributed by atoms with van der Waals surface area (Å²) >= 11 is 3.52. The van der Waals surface area contributed by atoms with E-state index in [1.54, 1.807) is 0 Å². The summed E-state index contributed by atoms with van der Waals surface area (Å²) in [5, 5.41) is 0. The minimum absolute atomic E-state index is 0.640. The van der Waals surface area contributed by atoms with Gasteiger partial charge in [0.15, 0.2) is 0 Å². The molecule has 96 valence electrons. The van der Waals surface area contributed by atoms with Crippen molar-refractivity contribution in [2.45, 2.75) is 45.4 Å². The minimum atomic E-state index is 0.640. The molecule has 0 bridgehead atoms. The molecule has 1 unspecified atom stereocenters. The van der Waals surface area contributed by atoms with Crippen molar-refractivity contribution in [3.8, 4) is 0 Å². The molecule has 0 aliphatic carbocycles. The summed E-state index contributed by atoms with van der Waals surface area (Å²) in [6.45, 7) is 3.06. The van der Waals surface area contributed by atoms with Crippen LogP contribution in [0.15, 0.2) is 28.7 Å². The SMILES string of the molecule is CCCCCCC(CN)Cc1cccc(Br)c1. The standard InChI is InChI=1S/C15H24BrN/c1-2-3-4-5-7-14(12-17)10-13-8-6-9-15(16)11-13/h6,8-9,11,14H,2-5,7,10,12,17H2,1H3. The number of rotatable bonds is 8. The van der Waals surface area contributed by atoms with E-state index < -0.39 is 0 Å². The Balaban J connectivity index is 2.35.